The second kappa shape index (κ2) is 12.2. The van der Waals surface area contributed by atoms with Crippen LogP contribution in [0.15, 0.2) is 47.4 Å². The minimum Gasteiger partial charge on any atom is -0.355 e. The minimum atomic E-state index is -0.548. The Morgan fingerprint density at radius 2 is 1.80 bits per heavy atom. The Morgan fingerprint density at radius 1 is 1.10 bits per heavy atom. The Kier molecular flexibility index (Phi) is 10.0. The van der Waals surface area contributed by atoms with Crippen LogP contribution in [-0.2, 0) is 16.1 Å². The van der Waals surface area contributed by atoms with Crippen molar-refractivity contribution in [1.29, 1.82) is 0 Å². The third kappa shape index (κ3) is 7.22. The average molecular weight is 467 g/mol. The van der Waals surface area contributed by atoms with Crippen LogP contribution in [0.2, 0.25) is 10.0 Å². The second-order valence-electron chi connectivity index (χ2n) is 6.99. The van der Waals surface area contributed by atoms with Crippen LogP contribution in [0.4, 0.5) is 0 Å². The van der Waals surface area contributed by atoms with Gasteiger partial charge in [0.2, 0.25) is 11.8 Å². The van der Waals surface area contributed by atoms with Gasteiger partial charge in [0.15, 0.2) is 0 Å². The number of hydrogen-bond acceptors (Lipinski definition) is 3. The Balaban J connectivity index is 2.14. The normalized spacial score (nSPS) is 11.8. The number of amides is 2. The zero-order valence-corrected chi connectivity index (χ0v) is 19.9. The molecule has 2 aromatic rings. The Labute approximate surface area is 193 Å². The molecule has 2 amide bonds. The van der Waals surface area contributed by atoms with Gasteiger partial charge in [0.1, 0.15) is 6.04 Å². The molecule has 1 unspecified atom stereocenters. The average Bonchev–Trinajstić information content (AvgIpc) is 2.71. The molecule has 0 saturated carbocycles. The summed E-state index contributed by atoms with van der Waals surface area (Å²) in [5.41, 5.74) is 1.97. The number of carbonyl (C=O) groups is 2. The number of halogens is 2. The van der Waals surface area contributed by atoms with Gasteiger partial charge in [-0.2, -0.15) is 0 Å². The lowest BCUT2D eigenvalue weighted by Crippen LogP contribution is -2.49. The highest BCUT2D eigenvalue weighted by Gasteiger charge is 2.28. The number of rotatable bonds is 10. The predicted octanol–water partition coefficient (Wildman–Crippen LogP) is 5.73. The highest BCUT2D eigenvalue weighted by Crippen LogP contribution is 2.25. The van der Waals surface area contributed by atoms with Crippen molar-refractivity contribution in [2.45, 2.75) is 51.1 Å². The van der Waals surface area contributed by atoms with Gasteiger partial charge >= 0.3 is 0 Å². The molecule has 30 heavy (non-hydrogen) atoms. The fourth-order valence-electron chi connectivity index (χ4n) is 3.08. The van der Waals surface area contributed by atoms with E-state index in [4.69, 9.17) is 23.2 Å². The summed E-state index contributed by atoms with van der Waals surface area (Å²) in [6.45, 7) is 6.60. The minimum absolute atomic E-state index is 0.0706. The summed E-state index contributed by atoms with van der Waals surface area (Å²) < 4.78 is 0. The van der Waals surface area contributed by atoms with Crippen molar-refractivity contribution in [3.05, 3.63) is 63.6 Å². The topological polar surface area (TPSA) is 49.4 Å². The van der Waals surface area contributed by atoms with Gasteiger partial charge in [-0.1, -0.05) is 53.9 Å². The van der Waals surface area contributed by atoms with E-state index in [1.54, 1.807) is 34.9 Å². The third-order valence-corrected chi connectivity index (χ3v) is 6.30. The standard InChI is InChI=1S/C23H28Cl2N2O2S/c1-4-21(23(29)26-5-2)27(15-17-8-9-18(24)14-20(17)25)22(28)12-13-30-19-10-6-16(3)7-11-19/h6-11,14,21H,4-5,12-13,15H2,1-3H3,(H,26,29). The molecule has 0 aromatic heterocycles. The molecule has 0 saturated heterocycles. The van der Waals surface area contributed by atoms with E-state index < -0.39 is 6.04 Å². The number of nitrogens with zero attached hydrogens (tertiary/aromatic N) is 1. The summed E-state index contributed by atoms with van der Waals surface area (Å²) in [6, 6.07) is 12.9. The van der Waals surface area contributed by atoms with E-state index >= 15 is 0 Å². The van der Waals surface area contributed by atoms with Crippen LogP contribution in [-0.4, -0.2) is 35.1 Å². The van der Waals surface area contributed by atoms with E-state index in [0.29, 0.717) is 35.2 Å². The first-order valence-corrected chi connectivity index (χ1v) is 11.8. The van der Waals surface area contributed by atoms with Gasteiger partial charge in [0, 0.05) is 40.2 Å². The fourth-order valence-corrected chi connectivity index (χ4v) is 4.39. The van der Waals surface area contributed by atoms with E-state index in [-0.39, 0.29) is 18.4 Å². The molecule has 0 aliphatic carbocycles. The molecule has 1 N–H and O–H groups in total. The first-order valence-electron chi connectivity index (χ1n) is 10.1. The van der Waals surface area contributed by atoms with Gasteiger partial charge in [-0.15, -0.1) is 11.8 Å². The second-order valence-corrected chi connectivity index (χ2v) is 9.00. The maximum atomic E-state index is 13.1. The Morgan fingerprint density at radius 3 is 2.40 bits per heavy atom. The van der Waals surface area contributed by atoms with E-state index in [2.05, 4.69) is 29.6 Å². The summed E-state index contributed by atoms with van der Waals surface area (Å²) in [6.07, 6.45) is 0.855. The summed E-state index contributed by atoms with van der Waals surface area (Å²) in [4.78, 5) is 28.5. The summed E-state index contributed by atoms with van der Waals surface area (Å²) in [7, 11) is 0. The van der Waals surface area contributed by atoms with Crippen molar-refractivity contribution in [2.24, 2.45) is 0 Å². The molecule has 2 rings (SSSR count). The molecule has 4 nitrogen and oxygen atoms in total. The number of benzene rings is 2. The first-order chi connectivity index (χ1) is 14.3. The van der Waals surface area contributed by atoms with Crippen LogP contribution < -0.4 is 5.32 Å². The van der Waals surface area contributed by atoms with E-state index in [0.717, 1.165) is 10.5 Å². The van der Waals surface area contributed by atoms with Gasteiger partial charge in [-0.3, -0.25) is 9.59 Å². The van der Waals surface area contributed by atoms with Crippen LogP contribution in [0, 0.1) is 6.92 Å². The van der Waals surface area contributed by atoms with Gasteiger partial charge in [-0.25, -0.2) is 0 Å². The molecule has 0 spiro atoms. The number of aryl methyl sites for hydroxylation is 1. The van der Waals surface area contributed by atoms with Crippen molar-refractivity contribution in [1.82, 2.24) is 10.2 Å². The van der Waals surface area contributed by atoms with Crippen molar-refractivity contribution in [3.8, 4) is 0 Å². The monoisotopic (exact) mass is 466 g/mol. The molecule has 0 fully saturated rings. The third-order valence-electron chi connectivity index (χ3n) is 4.70. The van der Waals surface area contributed by atoms with Crippen LogP contribution >= 0.6 is 35.0 Å². The maximum Gasteiger partial charge on any atom is 0.242 e. The van der Waals surface area contributed by atoms with Crippen molar-refractivity contribution in [3.63, 3.8) is 0 Å². The number of hydrogen-bond donors (Lipinski definition) is 1. The molecule has 2 aromatic carbocycles. The van der Waals surface area contributed by atoms with Crippen LogP contribution in [0.1, 0.15) is 37.8 Å². The van der Waals surface area contributed by atoms with Crippen LogP contribution in [0.5, 0.6) is 0 Å². The zero-order chi connectivity index (χ0) is 22.1. The lowest BCUT2D eigenvalue weighted by molar-refractivity contribution is -0.141. The molecule has 0 heterocycles. The molecule has 0 aliphatic rings. The molecule has 7 heteroatoms. The van der Waals surface area contributed by atoms with Crippen molar-refractivity contribution in [2.75, 3.05) is 12.3 Å². The fraction of sp³-hybridized carbons (Fsp3) is 0.391. The SMILES string of the molecule is CCNC(=O)C(CC)N(Cc1ccc(Cl)cc1Cl)C(=O)CCSc1ccc(C)cc1. The van der Waals surface area contributed by atoms with E-state index in [1.807, 2.05) is 20.8 Å². The number of thioether (sulfide) groups is 1. The molecule has 162 valence electrons. The van der Waals surface area contributed by atoms with Gasteiger partial charge in [-0.05, 0) is 50.1 Å². The molecule has 1 atom stereocenters. The van der Waals surface area contributed by atoms with Crippen LogP contribution in [0.3, 0.4) is 0 Å². The molecule has 0 radical (unpaired) electrons. The highest BCUT2D eigenvalue weighted by atomic mass is 35.5. The van der Waals surface area contributed by atoms with Gasteiger partial charge < -0.3 is 10.2 Å². The smallest absolute Gasteiger partial charge is 0.242 e. The van der Waals surface area contributed by atoms with E-state index in [1.165, 1.54) is 5.56 Å². The van der Waals surface area contributed by atoms with E-state index in [9.17, 15) is 9.59 Å². The number of likely N-dealkylation sites (N-methyl/N-ethyl adjacent to an activating group) is 1. The Bertz CT molecular complexity index is 859. The van der Waals surface area contributed by atoms with Gasteiger partial charge in [0.25, 0.3) is 0 Å². The lowest BCUT2D eigenvalue weighted by Gasteiger charge is -2.31. The highest BCUT2D eigenvalue weighted by molar-refractivity contribution is 7.99. The predicted molar refractivity (Wildman–Crippen MR) is 126 cm³/mol. The largest absolute Gasteiger partial charge is 0.355 e. The van der Waals surface area contributed by atoms with Gasteiger partial charge in [0.05, 0.1) is 0 Å². The molecule has 0 bridgehead atoms. The summed E-state index contributed by atoms with van der Waals surface area (Å²) in [5, 5.41) is 3.86. The number of nitrogens with one attached hydrogen (secondary N) is 1. The maximum absolute atomic E-state index is 13.1. The lowest BCUT2D eigenvalue weighted by atomic mass is 10.1. The molecular formula is C23H28Cl2N2O2S. The summed E-state index contributed by atoms with van der Waals surface area (Å²) in [5.74, 6) is 0.418. The first kappa shape index (κ1) is 24.6. The van der Waals surface area contributed by atoms with Crippen molar-refractivity contribution >= 4 is 46.8 Å². The van der Waals surface area contributed by atoms with Crippen LogP contribution in [0.25, 0.3) is 0 Å². The quantitative estimate of drug-likeness (QED) is 0.454. The summed E-state index contributed by atoms with van der Waals surface area (Å²) >= 11 is 14.0. The van der Waals surface area contributed by atoms with Crippen molar-refractivity contribution < 1.29 is 9.59 Å². The Hall–Kier alpha value is -1.69. The molecule has 0 aliphatic heterocycles. The number of carbonyl (C=O) groups excluding carboxylic acids is 2. The zero-order valence-electron chi connectivity index (χ0n) is 17.6. The molecular weight excluding hydrogens is 439 g/mol.